The van der Waals surface area contributed by atoms with Gasteiger partial charge >= 0.3 is 0 Å². The summed E-state index contributed by atoms with van der Waals surface area (Å²) in [6, 6.07) is 13.8. The van der Waals surface area contributed by atoms with E-state index >= 15 is 0 Å². The molecule has 3 rings (SSSR count). The predicted octanol–water partition coefficient (Wildman–Crippen LogP) is 4.50. The fraction of sp³-hybridized carbons (Fsp3) is 0. The minimum Gasteiger partial charge on any atom is -0.280 e. The van der Waals surface area contributed by atoms with E-state index in [0.29, 0.717) is 0 Å². The van der Waals surface area contributed by atoms with Gasteiger partial charge in [-0.15, -0.1) is 0 Å². The predicted molar refractivity (Wildman–Crippen MR) is 118 cm³/mol. The van der Waals surface area contributed by atoms with Crippen LogP contribution in [0.4, 0.5) is 17.1 Å². The van der Waals surface area contributed by atoms with Crippen molar-refractivity contribution in [1.82, 2.24) is 0 Å². The number of benzene rings is 3. The first-order valence-electron chi connectivity index (χ1n) is 8.33. The highest BCUT2D eigenvalue weighted by Crippen LogP contribution is 2.27. The topological polar surface area (TPSA) is 135 Å². The summed E-state index contributed by atoms with van der Waals surface area (Å²) in [5.74, 6) is 0. The molecule has 2 N–H and O–H groups in total. The molecule has 0 bridgehead atoms. The lowest BCUT2D eigenvalue weighted by atomic mass is 10.3. The number of hydrogen-bond acceptors (Lipinski definition) is 6. The van der Waals surface area contributed by atoms with Gasteiger partial charge in [0.2, 0.25) is 0 Å². The van der Waals surface area contributed by atoms with Gasteiger partial charge in [0, 0.05) is 21.8 Å². The molecule has 0 aliphatic rings. The third-order valence-electron chi connectivity index (χ3n) is 3.88. The number of nitro benzene ring substituents is 1. The largest absolute Gasteiger partial charge is 0.289 e. The van der Waals surface area contributed by atoms with Crippen LogP contribution in [-0.2, 0) is 20.0 Å². The summed E-state index contributed by atoms with van der Waals surface area (Å²) in [4.78, 5) is 9.61. The van der Waals surface area contributed by atoms with Gasteiger partial charge in [0.25, 0.3) is 25.7 Å². The van der Waals surface area contributed by atoms with Gasteiger partial charge in [0.05, 0.1) is 15.5 Å². The number of nitro groups is 1. The first-order valence-corrected chi connectivity index (χ1v) is 12.1. The average molecular weight is 502 g/mol. The van der Waals surface area contributed by atoms with Gasteiger partial charge in [-0.2, -0.15) is 0 Å². The van der Waals surface area contributed by atoms with Gasteiger partial charge in [-0.1, -0.05) is 35.3 Å². The van der Waals surface area contributed by atoms with E-state index < -0.39 is 35.6 Å². The lowest BCUT2D eigenvalue weighted by molar-refractivity contribution is -0.387. The first-order chi connectivity index (χ1) is 14.5. The zero-order valence-corrected chi connectivity index (χ0v) is 18.5. The Morgan fingerprint density at radius 3 is 1.87 bits per heavy atom. The molecule has 0 aromatic heterocycles. The Hall–Kier alpha value is -2.86. The molecule has 9 nitrogen and oxygen atoms in total. The molecule has 0 saturated heterocycles. The van der Waals surface area contributed by atoms with E-state index in [1.54, 1.807) is 0 Å². The average Bonchev–Trinajstić information content (AvgIpc) is 2.67. The highest BCUT2D eigenvalue weighted by Gasteiger charge is 2.25. The summed E-state index contributed by atoms with van der Waals surface area (Å²) in [6.07, 6.45) is 0. The van der Waals surface area contributed by atoms with E-state index in [2.05, 4.69) is 9.44 Å². The van der Waals surface area contributed by atoms with Crippen molar-refractivity contribution in [1.29, 1.82) is 0 Å². The summed E-state index contributed by atoms with van der Waals surface area (Å²) in [5.41, 5.74) is -0.417. The van der Waals surface area contributed by atoms with Crippen molar-refractivity contribution >= 4 is 60.3 Å². The van der Waals surface area contributed by atoms with Gasteiger partial charge in [-0.3, -0.25) is 19.6 Å². The Balaban J connectivity index is 1.84. The summed E-state index contributed by atoms with van der Waals surface area (Å²) in [6.45, 7) is 0. The third kappa shape index (κ3) is 5.44. The van der Waals surface area contributed by atoms with Gasteiger partial charge in [-0.25, -0.2) is 16.8 Å². The highest BCUT2D eigenvalue weighted by molar-refractivity contribution is 7.93. The third-order valence-corrected chi connectivity index (χ3v) is 7.15. The van der Waals surface area contributed by atoms with Crippen LogP contribution < -0.4 is 9.44 Å². The van der Waals surface area contributed by atoms with Crippen LogP contribution in [0.3, 0.4) is 0 Å². The van der Waals surface area contributed by atoms with Crippen LogP contribution in [0.25, 0.3) is 0 Å². The van der Waals surface area contributed by atoms with Crippen LogP contribution in [0.15, 0.2) is 76.5 Å². The molecule has 0 saturated carbocycles. The van der Waals surface area contributed by atoms with Crippen molar-refractivity contribution in [2.24, 2.45) is 0 Å². The molecule has 13 heteroatoms. The number of hydrogen-bond donors (Lipinski definition) is 2. The van der Waals surface area contributed by atoms with Crippen molar-refractivity contribution in [2.75, 3.05) is 9.44 Å². The van der Waals surface area contributed by atoms with Crippen molar-refractivity contribution < 1.29 is 21.8 Å². The summed E-state index contributed by atoms with van der Waals surface area (Å²) in [5, 5.41) is 11.6. The summed E-state index contributed by atoms with van der Waals surface area (Å²) in [7, 11) is -8.29. The van der Waals surface area contributed by atoms with E-state index in [4.69, 9.17) is 23.2 Å². The number of rotatable bonds is 7. The quantitative estimate of drug-likeness (QED) is 0.361. The lowest BCUT2D eigenvalue weighted by Crippen LogP contribution is -2.15. The molecule has 162 valence electrons. The Morgan fingerprint density at radius 2 is 1.29 bits per heavy atom. The van der Waals surface area contributed by atoms with E-state index in [9.17, 15) is 26.9 Å². The van der Waals surface area contributed by atoms with Gasteiger partial charge in [-0.05, 0) is 48.5 Å². The highest BCUT2D eigenvalue weighted by atomic mass is 35.5. The monoisotopic (exact) mass is 501 g/mol. The minimum atomic E-state index is -4.28. The zero-order valence-electron chi connectivity index (χ0n) is 15.3. The molecule has 0 aliphatic heterocycles. The first kappa shape index (κ1) is 22.8. The molecule has 31 heavy (non-hydrogen) atoms. The Bertz CT molecular complexity index is 1340. The molecule has 0 atom stereocenters. The Kier molecular flexibility index (Phi) is 6.41. The van der Waals surface area contributed by atoms with Crippen LogP contribution in [-0.4, -0.2) is 21.8 Å². The second kappa shape index (κ2) is 8.71. The molecular formula is C18H13Cl2N3O6S2. The number of nitrogens with zero attached hydrogens (tertiary/aromatic N) is 1. The van der Waals surface area contributed by atoms with E-state index in [-0.39, 0.29) is 26.3 Å². The van der Waals surface area contributed by atoms with E-state index in [1.165, 1.54) is 54.6 Å². The molecule has 0 unspecified atom stereocenters. The maximum atomic E-state index is 12.6. The van der Waals surface area contributed by atoms with E-state index in [1.807, 2.05) is 0 Å². The summed E-state index contributed by atoms with van der Waals surface area (Å²) < 4.78 is 54.7. The second-order valence-corrected chi connectivity index (χ2v) is 10.3. The molecule has 0 heterocycles. The van der Waals surface area contributed by atoms with E-state index in [0.717, 1.165) is 12.1 Å². The smallest absolute Gasteiger partial charge is 0.280 e. The molecule has 0 spiro atoms. The number of halogens is 2. The normalized spacial score (nSPS) is 11.7. The summed E-state index contributed by atoms with van der Waals surface area (Å²) >= 11 is 11.7. The molecular weight excluding hydrogens is 489 g/mol. The van der Waals surface area contributed by atoms with Gasteiger partial charge in [0.1, 0.15) is 0 Å². The Morgan fingerprint density at radius 1 is 0.742 bits per heavy atom. The minimum absolute atomic E-state index is 0.0166. The van der Waals surface area contributed by atoms with Gasteiger partial charge in [0.15, 0.2) is 4.90 Å². The van der Waals surface area contributed by atoms with Crippen LogP contribution in [0.2, 0.25) is 10.0 Å². The van der Waals surface area contributed by atoms with Crippen molar-refractivity contribution in [3.63, 3.8) is 0 Å². The fourth-order valence-corrected chi connectivity index (χ4v) is 5.37. The van der Waals surface area contributed by atoms with Crippen LogP contribution >= 0.6 is 23.2 Å². The zero-order chi connectivity index (χ0) is 22.8. The van der Waals surface area contributed by atoms with Gasteiger partial charge < -0.3 is 0 Å². The van der Waals surface area contributed by atoms with Crippen LogP contribution in [0, 0.1) is 10.1 Å². The molecule has 0 radical (unpaired) electrons. The molecule has 0 amide bonds. The van der Waals surface area contributed by atoms with Crippen LogP contribution in [0.5, 0.6) is 0 Å². The molecule has 3 aromatic carbocycles. The van der Waals surface area contributed by atoms with Crippen molar-refractivity contribution in [2.45, 2.75) is 9.79 Å². The van der Waals surface area contributed by atoms with Crippen molar-refractivity contribution in [3.05, 3.63) is 86.9 Å². The van der Waals surface area contributed by atoms with Crippen LogP contribution in [0.1, 0.15) is 0 Å². The number of para-hydroxylation sites is 1. The second-order valence-electron chi connectivity index (χ2n) is 6.12. The number of anilines is 2. The fourth-order valence-electron chi connectivity index (χ4n) is 2.57. The molecule has 3 aromatic rings. The van der Waals surface area contributed by atoms with Crippen molar-refractivity contribution in [3.8, 4) is 0 Å². The lowest BCUT2D eigenvalue weighted by Gasteiger charge is -2.11. The number of sulfonamides is 2. The molecule has 0 fully saturated rings. The Labute approximate surface area is 187 Å². The molecule has 0 aliphatic carbocycles. The SMILES string of the molecule is O=[N+]([O-])c1ccccc1S(=O)(=O)Nc1ccc(S(=O)(=O)Nc2cc(Cl)cc(Cl)c2)cc1. The maximum absolute atomic E-state index is 12.6. The number of nitrogens with one attached hydrogen (secondary N) is 2. The standard InChI is InChI=1S/C18H13Cl2N3O6S2/c19-12-9-13(20)11-15(10-12)22-30(26,27)16-7-5-14(6-8-16)21-31(28,29)18-4-2-1-3-17(18)23(24)25/h1-11,21-22H. The maximum Gasteiger partial charge on any atom is 0.289 e.